The van der Waals surface area contributed by atoms with Crippen LogP contribution < -0.4 is 51.6 Å². The van der Waals surface area contributed by atoms with Gasteiger partial charge in [0.2, 0.25) is 0 Å². The van der Waals surface area contributed by atoms with Gasteiger partial charge in [0, 0.05) is 59.6 Å². The lowest BCUT2D eigenvalue weighted by atomic mass is 9.91. The van der Waals surface area contributed by atoms with Crippen molar-refractivity contribution in [2.75, 3.05) is 76.6 Å². The first-order valence-corrected chi connectivity index (χ1v) is 41.5. The van der Waals surface area contributed by atoms with Crippen molar-refractivity contribution in [2.45, 2.75) is 241 Å². The van der Waals surface area contributed by atoms with Gasteiger partial charge in [-0.25, -0.2) is 0 Å². The Morgan fingerprint density at radius 2 is 0.580 bits per heavy atom. The Bertz CT molecular complexity index is 3680. The summed E-state index contributed by atoms with van der Waals surface area (Å²) < 4.78 is 0. The molecule has 0 aliphatic heterocycles. The highest BCUT2D eigenvalue weighted by Crippen LogP contribution is 2.41. The van der Waals surface area contributed by atoms with Gasteiger partial charge in [0.15, 0.2) is 0 Å². The second-order valence-corrected chi connectivity index (χ2v) is 29.6. The summed E-state index contributed by atoms with van der Waals surface area (Å²) in [5, 5.41) is 1.53. The quantitative estimate of drug-likeness (QED) is 0.0256. The molecule has 0 saturated heterocycles. The van der Waals surface area contributed by atoms with E-state index in [1.54, 1.807) is 47.0 Å². The lowest BCUT2D eigenvalue weighted by molar-refractivity contribution is 1.01. The average molecular weight is 1470 g/mol. The topological polar surface area (TPSA) is 234 Å². The fraction of sp³-hybridized carbons (Fsp3) is 0.435. The van der Waals surface area contributed by atoms with Crippen molar-refractivity contribution in [1.82, 2.24) is 0 Å². The van der Waals surface area contributed by atoms with E-state index in [0.717, 1.165) is 209 Å². The molecule has 18 N–H and O–H groups in total. The van der Waals surface area contributed by atoms with Crippen LogP contribution in [0.5, 0.6) is 0 Å². The fourth-order valence-electron chi connectivity index (χ4n) is 12.8. The molecule has 0 spiro atoms. The fourth-order valence-corrected chi connectivity index (χ4v) is 16.2. The Morgan fingerprint density at radius 3 is 0.950 bits per heavy atom. The van der Waals surface area contributed by atoms with Crippen molar-refractivity contribution in [1.29, 1.82) is 0 Å². The highest BCUT2D eigenvalue weighted by molar-refractivity contribution is 8.00. The molecule has 0 amide bonds. The minimum Gasteiger partial charge on any atom is -0.398 e. The third-order valence-electron chi connectivity index (χ3n) is 19.7. The number of aryl methyl sites for hydroxylation is 11. The molecule has 0 aliphatic rings. The van der Waals surface area contributed by atoms with E-state index in [4.69, 9.17) is 74.8 Å². The number of thioether (sulfide) groups is 4. The van der Waals surface area contributed by atoms with E-state index < -0.39 is 0 Å². The van der Waals surface area contributed by atoms with Crippen LogP contribution in [-0.4, -0.2) is 25.0 Å². The second-order valence-electron chi connectivity index (χ2n) is 25.5. The Morgan fingerprint density at radius 1 is 0.250 bits per heavy atom. The molecular formula is C85H125Cl2N9S4. The Labute approximate surface area is 633 Å². The van der Waals surface area contributed by atoms with Gasteiger partial charge in [0.25, 0.3) is 0 Å². The summed E-state index contributed by atoms with van der Waals surface area (Å²) >= 11 is 19.9. The number of nitrogens with two attached hydrogens (primary N) is 9. The van der Waals surface area contributed by atoms with Crippen molar-refractivity contribution < 1.29 is 0 Å². The van der Waals surface area contributed by atoms with Gasteiger partial charge in [-0.05, 0) is 297 Å². The number of halogens is 2. The Kier molecular flexibility index (Phi) is 37.5. The van der Waals surface area contributed by atoms with Gasteiger partial charge in [0.1, 0.15) is 0 Å². The van der Waals surface area contributed by atoms with Gasteiger partial charge in [-0.2, -0.15) is 0 Å². The molecule has 0 radical (unpaired) electrons. The minimum atomic E-state index is 0.693. The molecule has 8 rings (SSSR count). The van der Waals surface area contributed by atoms with Gasteiger partial charge >= 0.3 is 0 Å². The summed E-state index contributed by atoms with van der Waals surface area (Å²) in [6.07, 6.45) is 21.6. The van der Waals surface area contributed by atoms with Crippen LogP contribution >= 0.6 is 70.2 Å². The minimum absolute atomic E-state index is 0.693. The van der Waals surface area contributed by atoms with E-state index in [2.05, 4.69) is 166 Å². The summed E-state index contributed by atoms with van der Waals surface area (Å²) in [5.41, 5.74) is 91.6. The number of hydrogen-bond acceptors (Lipinski definition) is 13. The zero-order valence-corrected chi connectivity index (χ0v) is 70.0. The van der Waals surface area contributed by atoms with E-state index in [9.17, 15) is 0 Å². The van der Waals surface area contributed by atoms with Gasteiger partial charge in [0.05, 0.1) is 27.6 Å². The van der Waals surface area contributed by atoms with Crippen molar-refractivity contribution in [3.05, 3.63) is 199 Å². The van der Waals surface area contributed by atoms with Crippen molar-refractivity contribution in [3.63, 3.8) is 0 Å². The molecule has 0 fully saturated rings. The van der Waals surface area contributed by atoms with Crippen LogP contribution in [0.3, 0.4) is 0 Å². The van der Waals surface area contributed by atoms with E-state index in [-0.39, 0.29) is 0 Å². The number of rotatable bonds is 20. The van der Waals surface area contributed by atoms with Crippen LogP contribution in [-0.2, 0) is 89.9 Å². The Balaban J connectivity index is 0.000000320. The molecule has 0 unspecified atom stereocenters. The molecule has 0 atom stereocenters. The molecule has 548 valence electrons. The standard InChI is InChI=1S/C22H31N.C21H28Cl2N2.2C12H19N.2C9H14N2S2/c1-6-18-11-16(12-19(7-2)15(18)5)10-17-13-20(8-3)22(23)21(9-4)14-17;1-5-12-9-14(18(22)16(7-3)20(12)24)11-15-10-13(6-2)21(25)17(8-4)19(15)23;1-5-10-7-11(6-2)12(13)9(4)8(10)3;1-5-10-7-8(3)9(4)11(6-2)12(10)13;1-5-8(10)6(12-2)4-7(13-3)9(5)11;1-5-4-6(12-2)8(11)9(13-3)7(5)10/h11-14H,6-10,23H2,1-5H3;9-10H,5-8,11,24-25H2,1-4H3;2*7H,5-6,13H2,1-4H3;2*4H,10-11H2,1-3H3. The summed E-state index contributed by atoms with van der Waals surface area (Å²) in [4.78, 5) is 4.33. The Hall–Kier alpha value is -6.06. The highest BCUT2D eigenvalue weighted by atomic mass is 35.5. The molecule has 0 heterocycles. The van der Waals surface area contributed by atoms with Gasteiger partial charge in [-0.15, -0.1) is 47.0 Å². The maximum Gasteiger partial charge on any atom is 0.0611 e. The maximum absolute atomic E-state index is 6.68. The monoisotopic (exact) mass is 1470 g/mol. The van der Waals surface area contributed by atoms with Crippen LogP contribution in [0.25, 0.3) is 0 Å². The number of hydrogen-bond donors (Lipinski definition) is 9. The van der Waals surface area contributed by atoms with E-state index >= 15 is 0 Å². The third-order valence-corrected chi connectivity index (χ3v) is 23.9. The molecule has 15 heteroatoms. The first-order valence-electron chi connectivity index (χ1n) is 35.8. The molecular weight excluding hydrogens is 1350 g/mol. The molecule has 0 saturated carbocycles. The van der Waals surface area contributed by atoms with E-state index in [1.165, 1.54) is 83.5 Å². The van der Waals surface area contributed by atoms with Crippen LogP contribution in [0.1, 0.15) is 211 Å². The lowest BCUT2D eigenvalue weighted by Crippen LogP contribution is -2.06. The summed E-state index contributed by atoms with van der Waals surface area (Å²) in [6.45, 7) is 40.7. The molecule has 0 aromatic heterocycles. The van der Waals surface area contributed by atoms with Crippen molar-refractivity contribution in [2.24, 2.45) is 0 Å². The number of benzene rings is 8. The van der Waals surface area contributed by atoms with Crippen molar-refractivity contribution in [3.8, 4) is 0 Å². The van der Waals surface area contributed by atoms with Gasteiger partial charge in [-0.3, -0.25) is 0 Å². The number of anilines is 9. The third kappa shape index (κ3) is 22.0. The normalized spacial score (nSPS) is 10.7. The van der Waals surface area contributed by atoms with Crippen LogP contribution in [0, 0.1) is 48.5 Å². The zero-order chi connectivity index (χ0) is 75.7. The van der Waals surface area contributed by atoms with Gasteiger partial charge < -0.3 is 51.6 Å². The predicted molar refractivity (Wildman–Crippen MR) is 460 cm³/mol. The smallest absolute Gasteiger partial charge is 0.0611 e. The molecule has 0 bridgehead atoms. The zero-order valence-electron chi connectivity index (χ0n) is 65.3. The second kappa shape index (κ2) is 42.5. The van der Waals surface area contributed by atoms with Crippen LogP contribution in [0.15, 0.2) is 80.2 Å². The molecule has 100 heavy (non-hydrogen) atoms. The first kappa shape index (κ1) is 88.2. The molecule has 9 nitrogen and oxygen atoms in total. The summed E-state index contributed by atoms with van der Waals surface area (Å²) in [5.74, 6) is 0. The van der Waals surface area contributed by atoms with E-state index in [0.29, 0.717) is 6.42 Å². The highest BCUT2D eigenvalue weighted by Gasteiger charge is 2.19. The summed E-state index contributed by atoms with van der Waals surface area (Å²) in [7, 11) is 0. The van der Waals surface area contributed by atoms with E-state index in [1.807, 2.05) is 51.0 Å². The maximum atomic E-state index is 6.68. The average Bonchev–Trinajstić information content (AvgIpc) is 0.800. The SMILES string of the molecule is CCc1cc(C)c(C)c(CC)c1N.CCc1cc(CC)c(N)c(C)c1C.CCc1cc(Cc2cc(CC)c(N)c(CC)c2)cc(CC)c1C.CCc1cc(Cc2cc(CC)c(N)c(CC)c2Cl)c(Cl)c(CC)c1N.CSc1cc(C)c(N)c(SC)c1N.CSc1cc(SC)c(N)c(C)c1N. The summed E-state index contributed by atoms with van der Waals surface area (Å²) in [6, 6.07) is 22.2. The molecule has 0 aliphatic carbocycles. The largest absolute Gasteiger partial charge is 0.398 e. The predicted octanol–water partition coefficient (Wildman–Crippen LogP) is 22.6. The van der Waals surface area contributed by atoms with Crippen molar-refractivity contribution >= 4 is 121 Å². The van der Waals surface area contributed by atoms with Crippen LogP contribution in [0.2, 0.25) is 10.0 Å². The lowest BCUT2D eigenvalue weighted by Gasteiger charge is -2.18. The van der Waals surface area contributed by atoms with Crippen LogP contribution in [0.4, 0.5) is 51.2 Å². The number of nitrogen functional groups attached to an aromatic ring is 9. The van der Waals surface area contributed by atoms with Gasteiger partial charge in [-0.1, -0.05) is 155 Å². The molecule has 8 aromatic carbocycles. The first-order chi connectivity index (χ1) is 47.4. The molecule has 8 aromatic rings.